The van der Waals surface area contributed by atoms with Gasteiger partial charge in [-0.3, -0.25) is 4.79 Å². The molecule has 2 aromatic carbocycles. The van der Waals surface area contributed by atoms with Gasteiger partial charge in [-0.05, 0) is 35.2 Å². The zero-order valence-electron chi connectivity index (χ0n) is 21.6. The zero-order chi connectivity index (χ0) is 29.6. The third-order valence-electron chi connectivity index (χ3n) is 7.56. The summed E-state index contributed by atoms with van der Waals surface area (Å²) in [7, 11) is 0. The van der Waals surface area contributed by atoms with E-state index in [9.17, 15) is 50.8 Å². The van der Waals surface area contributed by atoms with Gasteiger partial charge in [0.15, 0.2) is 0 Å². The molecule has 0 bridgehead atoms. The highest BCUT2D eigenvalue weighted by atomic mass is 16.7. The van der Waals surface area contributed by atoms with Crippen LogP contribution in [0.5, 0.6) is 11.5 Å². The van der Waals surface area contributed by atoms with Crippen molar-refractivity contribution in [3.63, 3.8) is 0 Å². The molecule has 0 amide bonds. The summed E-state index contributed by atoms with van der Waals surface area (Å²) in [4.78, 5) is 14.0. The Kier molecular flexibility index (Phi) is 8.61. The Bertz CT molecular complexity index is 1260. The maximum Gasteiger partial charge on any atom is 0.229 e. The van der Waals surface area contributed by atoms with Gasteiger partial charge in [-0.25, -0.2) is 0 Å². The van der Waals surface area contributed by atoms with Crippen LogP contribution in [0.15, 0.2) is 30.3 Å². The van der Waals surface area contributed by atoms with E-state index < -0.39 is 87.0 Å². The van der Waals surface area contributed by atoms with Gasteiger partial charge in [0.25, 0.3) is 0 Å². The predicted molar refractivity (Wildman–Crippen MR) is 134 cm³/mol. The van der Waals surface area contributed by atoms with Gasteiger partial charge in [0.05, 0.1) is 30.9 Å². The Labute approximate surface area is 233 Å². The molecule has 2 fully saturated rings. The lowest BCUT2D eigenvalue weighted by molar-refractivity contribution is -0.277. The van der Waals surface area contributed by atoms with E-state index in [1.54, 1.807) is 18.2 Å². The average molecular weight is 581 g/mol. The van der Waals surface area contributed by atoms with Crippen LogP contribution in [0.25, 0.3) is 0 Å². The fourth-order valence-electron chi connectivity index (χ4n) is 5.31. The van der Waals surface area contributed by atoms with Crippen molar-refractivity contribution in [2.75, 3.05) is 13.2 Å². The van der Waals surface area contributed by atoms with Gasteiger partial charge >= 0.3 is 0 Å². The molecule has 2 aliphatic heterocycles. The van der Waals surface area contributed by atoms with Crippen LogP contribution in [0.1, 0.15) is 32.6 Å². The second kappa shape index (κ2) is 11.9. The smallest absolute Gasteiger partial charge is 0.229 e. The molecule has 14 nitrogen and oxygen atoms in total. The van der Waals surface area contributed by atoms with Gasteiger partial charge < -0.3 is 64.9 Å². The van der Waals surface area contributed by atoms with Gasteiger partial charge in [0.1, 0.15) is 60.3 Å². The SMILES string of the molecule is O=C1c2c(cccc2OC2OC(CO)C(O)C(O)C2O)Cc2cc(CO)cc(OC3OC(CO)C(O)C(O)C3O)c21. The number of hydrogen-bond donors (Lipinski definition) is 9. The van der Waals surface area contributed by atoms with Crippen molar-refractivity contribution in [1.29, 1.82) is 0 Å². The minimum atomic E-state index is -1.75. The molecule has 0 radical (unpaired) electrons. The first-order valence-electron chi connectivity index (χ1n) is 13.0. The van der Waals surface area contributed by atoms with E-state index in [-0.39, 0.29) is 29.0 Å². The lowest BCUT2D eigenvalue weighted by Crippen LogP contribution is -2.60. The van der Waals surface area contributed by atoms with Crippen LogP contribution >= 0.6 is 0 Å². The molecule has 0 aromatic heterocycles. The van der Waals surface area contributed by atoms with Gasteiger partial charge in [-0.15, -0.1) is 0 Å². The fraction of sp³-hybridized carbons (Fsp3) is 0.519. The molecule has 1 aliphatic carbocycles. The zero-order valence-corrected chi connectivity index (χ0v) is 21.6. The molecule has 5 rings (SSSR count). The number of carbonyl (C=O) groups is 1. The highest BCUT2D eigenvalue weighted by Crippen LogP contribution is 2.40. The number of aliphatic hydroxyl groups is 9. The molecule has 10 unspecified atom stereocenters. The van der Waals surface area contributed by atoms with E-state index in [0.29, 0.717) is 16.7 Å². The van der Waals surface area contributed by atoms with Gasteiger partial charge in [-0.1, -0.05) is 18.2 Å². The van der Waals surface area contributed by atoms with Crippen LogP contribution in [0.3, 0.4) is 0 Å². The summed E-state index contributed by atoms with van der Waals surface area (Å²) in [6, 6.07) is 7.65. The van der Waals surface area contributed by atoms with E-state index in [1.807, 2.05) is 0 Å². The second-order valence-corrected chi connectivity index (χ2v) is 10.2. The van der Waals surface area contributed by atoms with Gasteiger partial charge in [0.2, 0.25) is 18.4 Å². The molecule has 2 heterocycles. The lowest BCUT2D eigenvalue weighted by atomic mass is 9.83. The van der Waals surface area contributed by atoms with Crippen LogP contribution < -0.4 is 9.47 Å². The molecule has 41 heavy (non-hydrogen) atoms. The van der Waals surface area contributed by atoms with Crippen LogP contribution in [-0.4, -0.2) is 126 Å². The Morgan fingerprint density at radius 1 is 0.683 bits per heavy atom. The summed E-state index contributed by atoms with van der Waals surface area (Å²) in [5, 5.41) is 90.2. The molecule has 0 spiro atoms. The number of aliphatic hydroxyl groups excluding tert-OH is 9. The number of rotatable bonds is 7. The van der Waals surface area contributed by atoms with Crippen LogP contribution in [-0.2, 0) is 22.5 Å². The number of hydrogen-bond acceptors (Lipinski definition) is 14. The fourth-order valence-corrected chi connectivity index (χ4v) is 5.31. The van der Waals surface area contributed by atoms with E-state index in [0.717, 1.165) is 0 Å². The van der Waals surface area contributed by atoms with Crippen molar-refractivity contribution in [2.45, 2.75) is 74.4 Å². The normalized spacial score (nSPS) is 35.0. The molecular weight excluding hydrogens is 548 g/mol. The molecule has 9 N–H and O–H groups in total. The largest absolute Gasteiger partial charge is 0.461 e. The number of carbonyl (C=O) groups excluding carboxylic acids is 1. The summed E-state index contributed by atoms with van der Waals surface area (Å²) in [5.74, 6) is -0.757. The molecule has 2 saturated heterocycles. The summed E-state index contributed by atoms with van der Waals surface area (Å²) in [5.41, 5.74) is 1.43. The number of fused-ring (bicyclic) bond motifs is 2. The van der Waals surface area contributed by atoms with Gasteiger partial charge in [0, 0.05) is 0 Å². The molecular formula is C27H32O14. The first kappa shape index (κ1) is 29.8. The summed E-state index contributed by atoms with van der Waals surface area (Å²) in [6.45, 7) is -1.78. The molecule has 224 valence electrons. The third-order valence-corrected chi connectivity index (χ3v) is 7.56. The summed E-state index contributed by atoms with van der Waals surface area (Å²) < 4.78 is 22.5. The number of benzene rings is 2. The minimum Gasteiger partial charge on any atom is -0.461 e. The first-order chi connectivity index (χ1) is 19.6. The third kappa shape index (κ3) is 5.33. The lowest BCUT2D eigenvalue weighted by Gasteiger charge is -2.40. The molecule has 10 atom stereocenters. The van der Waals surface area contributed by atoms with Crippen molar-refractivity contribution in [3.8, 4) is 11.5 Å². The monoisotopic (exact) mass is 580 g/mol. The quantitative estimate of drug-likeness (QED) is 0.133. The van der Waals surface area contributed by atoms with Crippen LogP contribution in [0.2, 0.25) is 0 Å². The average Bonchev–Trinajstić information content (AvgIpc) is 2.97. The Morgan fingerprint density at radius 3 is 1.76 bits per heavy atom. The Morgan fingerprint density at radius 2 is 1.22 bits per heavy atom. The minimum absolute atomic E-state index is 0.0245. The van der Waals surface area contributed by atoms with E-state index in [2.05, 4.69) is 0 Å². The number of ether oxygens (including phenoxy) is 4. The van der Waals surface area contributed by atoms with E-state index >= 15 is 0 Å². The van der Waals surface area contributed by atoms with Crippen LogP contribution in [0, 0.1) is 0 Å². The van der Waals surface area contributed by atoms with Crippen molar-refractivity contribution >= 4 is 5.78 Å². The van der Waals surface area contributed by atoms with Crippen molar-refractivity contribution < 1.29 is 69.7 Å². The second-order valence-electron chi connectivity index (χ2n) is 10.2. The highest BCUT2D eigenvalue weighted by Gasteiger charge is 2.47. The van der Waals surface area contributed by atoms with Gasteiger partial charge in [-0.2, -0.15) is 0 Å². The first-order valence-corrected chi connectivity index (χ1v) is 13.0. The summed E-state index contributed by atoms with van der Waals surface area (Å²) >= 11 is 0. The molecule has 2 aromatic rings. The summed E-state index contributed by atoms with van der Waals surface area (Å²) in [6.07, 6.45) is -15.6. The molecule has 0 saturated carbocycles. The van der Waals surface area contributed by atoms with Crippen LogP contribution in [0.4, 0.5) is 0 Å². The standard InChI is InChI=1S/C27H32O14/c28-7-10-4-12-6-11-2-1-3-13(38-26-24(36)22(34)19(31)15(8-29)40-26)17(11)21(33)18(12)14(5-10)39-27-25(37)23(35)20(32)16(9-30)41-27/h1-5,15-16,19-20,22-32,34-37H,6-9H2. The molecule has 3 aliphatic rings. The Hall–Kier alpha value is -2.73. The van der Waals surface area contributed by atoms with E-state index in [4.69, 9.17) is 18.9 Å². The topological polar surface area (TPSA) is 236 Å². The predicted octanol–water partition coefficient (Wildman–Crippen LogP) is -3.33. The maximum absolute atomic E-state index is 14.0. The highest BCUT2D eigenvalue weighted by molar-refractivity contribution is 6.15. The van der Waals surface area contributed by atoms with E-state index in [1.165, 1.54) is 12.1 Å². The van der Waals surface area contributed by atoms with Crippen molar-refractivity contribution in [3.05, 3.63) is 58.1 Å². The van der Waals surface area contributed by atoms with Crippen molar-refractivity contribution in [1.82, 2.24) is 0 Å². The number of ketones is 1. The maximum atomic E-state index is 14.0. The molecule has 14 heteroatoms. The Balaban J connectivity index is 1.49. The van der Waals surface area contributed by atoms with Crippen molar-refractivity contribution in [2.24, 2.45) is 0 Å².